The normalized spacial score (nSPS) is 11.1. The Morgan fingerprint density at radius 3 is 2.32 bits per heavy atom. The van der Waals surface area contributed by atoms with Gasteiger partial charge in [0.1, 0.15) is 5.75 Å². The molecule has 0 radical (unpaired) electrons. The Hall–Kier alpha value is -3.43. The van der Waals surface area contributed by atoms with Crippen LogP contribution < -0.4 is 20.1 Å². The minimum absolute atomic E-state index is 0.0102. The lowest BCUT2D eigenvalue weighted by Gasteiger charge is -2.13. The van der Waals surface area contributed by atoms with E-state index in [2.05, 4.69) is 15.4 Å². The molecule has 0 aliphatic carbocycles. The molecule has 0 bridgehead atoms. The molecule has 0 saturated carbocycles. The number of sulfonamides is 1. The molecule has 0 heterocycles. The van der Waals surface area contributed by atoms with Crippen LogP contribution in [0.15, 0.2) is 71.6 Å². The number of aryl methyl sites for hydroxylation is 2. The van der Waals surface area contributed by atoms with Gasteiger partial charge < -0.3 is 10.1 Å². The van der Waals surface area contributed by atoms with Crippen LogP contribution in [0, 0.1) is 13.8 Å². The Labute approximate surface area is 205 Å². The van der Waals surface area contributed by atoms with Crippen LogP contribution >= 0.6 is 12.2 Å². The van der Waals surface area contributed by atoms with Crippen LogP contribution in [0.1, 0.15) is 35.3 Å². The number of hydrogen-bond acceptors (Lipinski definition) is 5. The van der Waals surface area contributed by atoms with Crippen LogP contribution in [0.3, 0.4) is 0 Å². The van der Waals surface area contributed by atoms with Crippen molar-refractivity contribution in [2.75, 3.05) is 10.0 Å². The quantitative estimate of drug-likeness (QED) is 0.397. The van der Waals surface area contributed by atoms with Crippen molar-refractivity contribution in [3.05, 3.63) is 83.4 Å². The van der Waals surface area contributed by atoms with Crippen molar-refractivity contribution in [2.24, 2.45) is 0 Å². The summed E-state index contributed by atoms with van der Waals surface area (Å²) >= 11 is 5.23. The van der Waals surface area contributed by atoms with Gasteiger partial charge in [0.15, 0.2) is 5.11 Å². The second-order valence-electron chi connectivity index (χ2n) is 8.05. The number of ether oxygens (including phenoxy) is 1. The number of carbonyl (C=O) groups is 1. The summed E-state index contributed by atoms with van der Waals surface area (Å²) < 4.78 is 33.7. The molecule has 0 aromatic heterocycles. The molecule has 3 rings (SSSR count). The molecule has 178 valence electrons. The molecule has 0 fully saturated rings. The third-order valence-corrected chi connectivity index (χ3v) is 6.33. The predicted molar refractivity (Wildman–Crippen MR) is 139 cm³/mol. The molecule has 9 heteroatoms. The summed E-state index contributed by atoms with van der Waals surface area (Å²) in [5.74, 6) is 0.205. The molecule has 3 N–H and O–H groups in total. The smallest absolute Gasteiger partial charge is 0.261 e. The van der Waals surface area contributed by atoms with E-state index in [0.29, 0.717) is 22.7 Å². The summed E-state index contributed by atoms with van der Waals surface area (Å²) in [5, 5.41) is 5.58. The van der Waals surface area contributed by atoms with E-state index in [9.17, 15) is 13.2 Å². The largest absolute Gasteiger partial charge is 0.491 e. The van der Waals surface area contributed by atoms with Gasteiger partial charge in [0.05, 0.1) is 16.7 Å². The van der Waals surface area contributed by atoms with Gasteiger partial charge in [-0.15, -0.1) is 0 Å². The fraction of sp³-hybridized carbons (Fsp3) is 0.200. The molecule has 0 spiro atoms. The highest BCUT2D eigenvalue weighted by atomic mass is 32.2. The highest BCUT2D eigenvalue weighted by molar-refractivity contribution is 7.92. The van der Waals surface area contributed by atoms with Gasteiger partial charge in [-0.3, -0.25) is 14.8 Å². The van der Waals surface area contributed by atoms with Crippen LogP contribution in [0.4, 0.5) is 11.4 Å². The summed E-state index contributed by atoms with van der Waals surface area (Å²) in [6.45, 7) is 7.60. The van der Waals surface area contributed by atoms with Crippen LogP contribution in [-0.2, 0) is 10.0 Å². The first-order valence-corrected chi connectivity index (χ1v) is 12.5. The average molecular weight is 498 g/mol. The number of carbonyl (C=O) groups excluding carboxylic acids is 1. The predicted octanol–water partition coefficient (Wildman–Crippen LogP) is 5.02. The second kappa shape index (κ2) is 10.7. The lowest BCUT2D eigenvalue weighted by atomic mass is 10.1. The van der Waals surface area contributed by atoms with E-state index in [0.717, 1.165) is 11.1 Å². The molecule has 7 nitrogen and oxygen atoms in total. The molecule has 1 amide bonds. The number of anilines is 2. The molecule has 34 heavy (non-hydrogen) atoms. The van der Waals surface area contributed by atoms with E-state index < -0.39 is 10.0 Å². The molecule has 3 aromatic rings. The van der Waals surface area contributed by atoms with Gasteiger partial charge in [-0.05, 0) is 94.0 Å². The molecule has 0 saturated heterocycles. The van der Waals surface area contributed by atoms with Gasteiger partial charge in [-0.25, -0.2) is 8.42 Å². The Morgan fingerprint density at radius 2 is 1.68 bits per heavy atom. The molecular formula is C25H27N3O4S2. The zero-order chi connectivity index (χ0) is 24.9. The summed E-state index contributed by atoms with van der Waals surface area (Å²) in [4.78, 5) is 12.6. The molecule has 3 aromatic carbocycles. The second-order valence-corrected chi connectivity index (χ2v) is 10.1. The highest BCUT2D eigenvalue weighted by Gasteiger charge is 2.16. The summed E-state index contributed by atoms with van der Waals surface area (Å²) in [5.41, 5.74) is 3.35. The van der Waals surface area contributed by atoms with Crippen molar-refractivity contribution >= 4 is 44.6 Å². The first-order valence-electron chi connectivity index (χ1n) is 10.6. The van der Waals surface area contributed by atoms with Crippen molar-refractivity contribution in [1.82, 2.24) is 5.32 Å². The molecule has 0 unspecified atom stereocenters. The molecule has 0 aliphatic rings. The van der Waals surface area contributed by atoms with Crippen LogP contribution in [0.2, 0.25) is 0 Å². The van der Waals surface area contributed by atoms with Gasteiger partial charge in [0, 0.05) is 11.3 Å². The summed E-state index contributed by atoms with van der Waals surface area (Å²) in [6.07, 6.45) is -0.0102. The van der Waals surface area contributed by atoms with E-state index in [-0.39, 0.29) is 22.0 Å². The van der Waals surface area contributed by atoms with Crippen molar-refractivity contribution in [3.63, 3.8) is 0 Å². The number of benzene rings is 3. The summed E-state index contributed by atoms with van der Waals surface area (Å²) in [7, 11) is -3.75. The lowest BCUT2D eigenvalue weighted by Crippen LogP contribution is -2.34. The SMILES string of the molecule is Cc1ccc(NS(=O)(=O)c2ccc(NC(=S)NC(=O)c3cccc(OC(C)C)c3)cc2)c(C)c1. The number of rotatable bonds is 7. The summed E-state index contributed by atoms with van der Waals surface area (Å²) in [6, 6.07) is 18.4. The minimum Gasteiger partial charge on any atom is -0.491 e. The zero-order valence-electron chi connectivity index (χ0n) is 19.4. The number of hydrogen-bond donors (Lipinski definition) is 3. The Bertz CT molecular complexity index is 1300. The standard InChI is InChI=1S/C25H27N3O4S2/c1-16(2)32-21-7-5-6-19(15-21)24(29)27-25(33)26-20-9-11-22(12-10-20)34(30,31)28-23-13-8-17(3)14-18(23)4/h5-16,28H,1-4H3,(H2,26,27,29,33). The Kier molecular flexibility index (Phi) is 7.90. The first kappa shape index (κ1) is 25.2. The van der Waals surface area contributed by atoms with E-state index in [4.69, 9.17) is 17.0 Å². The van der Waals surface area contributed by atoms with Crippen molar-refractivity contribution < 1.29 is 17.9 Å². The number of thiocarbonyl (C=S) groups is 1. The molecule has 0 aliphatic heterocycles. The fourth-order valence-corrected chi connectivity index (χ4v) is 4.51. The van der Waals surface area contributed by atoms with Gasteiger partial charge in [-0.1, -0.05) is 23.8 Å². The maximum atomic E-state index is 12.7. The highest BCUT2D eigenvalue weighted by Crippen LogP contribution is 2.22. The van der Waals surface area contributed by atoms with Gasteiger partial charge in [0.25, 0.3) is 15.9 Å². The fourth-order valence-electron chi connectivity index (χ4n) is 3.17. The zero-order valence-corrected chi connectivity index (χ0v) is 21.0. The maximum absolute atomic E-state index is 12.7. The van der Waals surface area contributed by atoms with E-state index in [1.54, 1.807) is 42.5 Å². The third-order valence-electron chi connectivity index (χ3n) is 4.74. The van der Waals surface area contributed by atoms with Crippen molar-refractivity contribution in [2.45, 2.75) is 38.7 Å². The van der Waals surface area contributed by atoms with E-state index >= 15 is 0 Å². The number of nitrogens with one attached hydrogen (secondary N) is 3. The van der Waals surface area contributed by atoms with Crippen LogP contribution in [0.25, 0.3) is 0 Å². The minimum atomic E-state index is -3.75. The van der Waals surface area contributed by atoms with Crippen molar-refractivity contribution in [1.29, 1.82) is 0 Å². The Morgan fingerprint density at radius 1 is 0.971 bits per heavy atom. The van der Waals surface area contributed by atoms with Crippen LogP contribution in [-0.4, -0.2) is 25.5 Å². The van der Waals surface area contributed by atoms with Gasteiger partial charge >= 0.3 is 0 Å². The molecular weight excluding hydrogens is 470 g/mol. The topological polar surface area (TPSA) is 96.5 Å². The lowest BCUT2D eigenvalue weighted by molar-refractivity contribution is 0.0977. The maximum Gasteiger partial charge on any atom is 0.261 e. The van der Waals surface area contributed by atoms with Gasteiger partial charge in [0.2, 0.25) is 0 Å². The first-order chi connectivity index (χ1) is 16.0. The van der Waals surface area contributed by atoms with E-state index in [1.165, 1.54) is 12.1 Å². The van der Waals surface area contributed by atoms with Crippen molar-refractivity contribution in [3.8, 4) is 5.75 Å². The Balaban J connectivity index is 1.62. The van der Waals surface area contributed by atoms with Crippen LogP contribution in [0.5, 0.6) is 5.75 Å². The molecule has 0 atom stereocenters. The monoisotopic (exact) mass is 497 g/mol. The number of amides is 1. The van der Waals surface area contributed by atoms with E-state index in [1.807, 2.05) is 39.8 Å². The van der Waals surface area contributed by atoms with Gasteiger partial charge in [-0.2, -0.15) is 0 Å². The third kappa shape index (κ3) is 6.79. The average Bonchev–Trinajstić information content (AvgIpc) is 2.75.